The molecule has 1 aliphatic carbocycles. The zero-order valence-electron chi connectivity index (χ0n) is 18.1. The van der Waals surface area contributed by atoms with Gasteiger partial charge in [-0.15, -0.1) is 10.2 Å². The molecule has 1 aromatic heterocycles. The standard InChI is InChI=1S/C27H25ClN4/c1-31-16-21-15-22(28)13-14-25(21)32-26(17-31)29-30-27(32)20-11-9-19(10-12-20)24-8-4-6-18-5-2-3-7-23(18)24/h2-9,13-15,20H,10-12,16-17H2,1H3/t20-/m1/s1. The Labute approximate surface area is 193 Å². The van der Waals surface area contributed by atoms with Crippen molar-refractivity contribution in [2.75, 3.05) is 7.05 Å². The summed E-state index contributed by atoms with van der Waals surface area (Å²) in [6.45, 7) is 1.64. The number of hydrogen-bond acceptors (Lipinski definition) is 3. The van der Waals surface area contributed by atoms with E-state index in [-0.39, 0.29) is 0 Å². The number of nitrogens with zero attached hydrogens (tertiary/aromatic N) is 4. The van der Waals surface area contributed by atoms with Gasteiger partial charge in [0, 0.05) is 17.5 Å². The third-order valence-electron chi connectivity index (χ3n) is 6.80. The molecule has 0 amide bonds. The Balaban J connectivity index is 1.37. The molecule has 0 unspecified atom stereocenters. The van der Waals surface area contributed by atoms with E-state index in [2.05, 4.69) is 82.3 Å². The van der Waals surface area contributed by atoms with Crippen LogP contribution < -0.4 is 0 Å². The molecule has 4 aromatic rings. The van der Waals surface area contributed by atoms with Crippen LogP contribution in [0.25, 0.3) is 22.0 Å². The van der Waals surface area contributed by atoms with Crippen molar-refractivity contribution in [2.24, 2.45) is 0 Å². The molecule has 160 valence electrons. The number of halogens is 1. The van der Waals surface area contributed by atoms with Crippen LogP contribution in [0.15, 0.2) is 66.7 Å². The van der Waals surface area contributed by atoms with Crippen molar-refractivity contribution in [3.05, 3.63) is 94.5 Å². The Morgan fingerprint density at radius 2 is 1.84 bits per heavy atom. The molecule has 0 fully saturated rings. The van der Waals surface area contributed by atoms with Gasteiger partial charge in [0.25, 0.3) is 0 Å². The first-order valence-corrected chi connectivity index (χ1v) is 11.6. The number of hydrogen-bond donors (Lipinski definition) is 0. The first kappa shape index (κ1) is 19.7. The molecule has 2 aliphatic rings. The second-order valence-electron chi connectivity index (χ2n) is 8.98. The van der Waals surface area contributed by atoms with Gasteiger partial charge >= 0.3 is 0 Å². The quantitative estimate of drug-likeness (QED) is 0.363. The predicted molar refractivity (Wildman–Crippen MR) is 130 cm³/mol. The topological polar surface area (TPSA) is 34.0 Å². The number of fused-ring (bicyclic) bond motifs is 4. The van der Waals surface area contributed by atoms with Crippen molar-refractivity contribution < 1.29 is 0 Å². The smallest absolute Gasteiger partial charge is 0.151 e. The van der Waals surface area contributed by atoms with E-state index in [0.29, 0.717) is 5.92 Å². The van der Waals surface area contributed by atoms with Gasteiger partial charge in [0.05, 0.1) is 12.2 Å². The average molecular weight is 441 g/mol. The summed E-state index contributed by atoms with van der Waals surface area (Å²) >= 11 is 6.32. The summed E-state index contributed by atoms with van der Waals surface area (Å²) < 4.78 is 2.29. The lowest BCUT2D eigenvalue weighted by Crippen LogP contribution is -2.16. The summed E-state index contributed by atoms with van der Waals surface area (Å²) in [5, 5.41) is 12.7. The van der Waals surface area contributed by atoms with Gasteiger partial charge in [0.2, 0.25) is 0 Å². The number of benzene rings is 3. The molecule has 32 heavy (non-hydrogen) atoms. The highest BCUT2D eigenvalue weighted by molar-refractivity contribution is 6.30. The average Bonchev–Trinajstić information content (AvgIpc) is 3.16. The van der Waals surface area contributed by atoms with Crippen LogP contribution in [0.3, 0.4) is 0 Å². The lowest BCUT2D eigenvalue weighted by molar-refractivity contribution is 0.315. The number of aromatic nitrogens is 3. The van der Waals surface area contributed by atoms with Gasteiger partial charge in [0.1, 0.15) is 5.82 Å². The van der Waals surface area contributed by atoms with Crippen molar-refractivity contribution in [1.29, 1.82) is 0 Å². The van der Waals surface area contributed by atoms with Crippen molar-refractivity contribution in [3.63, 3.8) is 0 Å². The fraction of sp³-hybridized carbons (Fsp3) is 0.259. The van der Waals surface area contributed by atoms with Gasteiger partial charge in [-0.3, -0.25) is 9.47 Å². The predicted octanol–water partition coefficient (Wildman–Crippen LogP) is 6.37. The van der Waals surface area contributed by atoms with Crippen LogP contribution in [0.1, 0.15) is 48.0 Å². The van der Waals surface area contributed by atoms with E-state index in [1.807, 2.05) is 6.07 Å². The largest absolute Gasteiger partial charge is 0.295 e. The van der Waals surface area contributed by atoms with Gasteiger partial charge in [-0.05, 0) is 72.0 Å². The highest BCUT2D eigenvalue weighted by Gasteiger charge is 2.28. The van der Waals surface area contributed by atoms with Crippen LogP contribution in [0, 0.1) is 0 Å². The third kappa shape index (κ3) is 3.35. The second kappa shape index (κ2) is 7.88. The fourth-order valence-electron chi connectivity index (χ4n) is 5.27. The Hall–Kier alpha value is -2.95. The lowest BCUT2D eigenvalue weighted by Gasteiger charge is -2.23. The van der Waals surface area contributed by atoms with E-state index in [1.54, 1.807) is 0 Å². The molecule has 2 heterocycles. The summed E-state index contributed by atoms with van der Waals surface area (Å²) in [5.41, 5.74) is 5.20. The van der Waals surface area contributed by atoms with Crippen LogP contribution in [0.2, 0.25) is 5.02 Å². The second-order valence-corrected chi connectivity index (χ2v) is 9.42. The van der Waals surface area contributed by atoms with Crippen molar-refractivity contribution in [1.82, 2.24) is 19.7 Å². The molecule has 0 N–H and O–H groups in total. The van der Waals surface area contributed by atoms with E-state index in [1.165, 1.54) is 27.5 Å². The molecule has 6 rings (SSSR count). The minimum atomic E-state index is 0.363. The summed E-state index contributed by atoms with van der Waals surface area (Å²) in [5.74, 6) is 2.45. The van der Waals surface area contributed by atoms with Crippen molar-refractivity contribution >= 4 is 27.9 Å². The maximum atomic E-state index is 6.32. The van der Waals surface area contributed by atoms with Gasteiger partial charge in [-0.2, -0.15) is 0 Å². The van der Waals surface area contributed by atoms with Gasteiger partial charge in [-0.1, -0.05) is 60.1 Å². The first-order valence-electron chi connectivity index (χ1n) is 11.3. The van der Waals surface area contributed by atoms with E-state index >= 15 is 0 Å². The zero-order chi connectivity index (χ0) is 21.7. The Bertz CT molecular complexity index is 1350. The minimum Gasteiger partial charge on any atom is -0.295 e. The molecule has 4 nitrogen and oxygen atoms in total. The Morgan fingerprint density at radius 3 is 2.72 bits per heavy atom. The van der Waals surface area contributed by atoms with E-state index in [0.717, 1.165) is 54.7 Å². The fourth-order valence-corrected chi connectivity index (χ4v) is 5.46. The maximum Gasteiger partial charge on any atom is 0.151 e. The van der Waals surface area contributed by atoms with Gasteiger partial charge in [0.15, 0.2) is 5.82 Å². The summed E-state index contributed by atoms with van der Waals surface area (Å²) in [6.07, 6.45) is 5.53. The van der Waals surface area contributed by atoms with Crippen LogP contribution >= 0.6 is 11.6 Å². The Morgan fingerprint density at radius 1 is 0.969 bits per heavy atom. The van der Waals surface area contributed by atoms with E-state index in [9.17, 15) is 0 Å². The monoisotopic (exact) mass is 440 g/mol. The SMILES string of the molecule is CN1Cc2cc(Cl)ccc2-n2c(nnc2[C@@H]2CC=C(c3cccc4ccccc34)CC2)C1. The summed E-state index contributed by atoms with van der Waals surface area (Å²) in [7, 11) is 2.12. The molecule has 0 saturated heterocycles. The molecule has 0 bridgehead atoms. The normalized spacial score (nSPS) is 18.7. The maximum absolute atomic E-state index is 6.32. The van der Waals surface area contributed by atoms with Crippen LogP contribution in [0.5, 0.6) is 0 Å². The molecule has 0 saturated carbocycles. The molecule has 0 radical (unpaired) electrons. The molecule has 3 aromatic carbocycles. The number of allylic oxidation sites excluding steroid dienone is 2. The van der Waals surface area contributed by atoms with Gasteiger partial charge < -0.3 is 0 Å². The summed E-state index contributed by atoms with van der Waals surface area (Å²) in [6, 6.07) is 21.4. The molecule has 1 atom stereocenters. The first-order chi connectivity index (χ1) is 15.7. The van der Waals surface area contributed by atoms with Gasteiger partial charge in [-0.25, -0.2) is 0 Å². The van der Waals surface area contributed by atoms with Crippen LogP contribution in [-0.2, 0) is 13.1 Å². The van der Waals surface area contributed by atoms with E-state index in [4.69, 9.17) is 16.7 Å². The molecule has 1 aliphatic heterocycles. The Kier molecular flexibility index (Phi) is 4.85. The summed E-state index contributed by atoms with van der Waals surface area (Å²) in [4.78, 5) is 2.27. The zero-order valence-corrected chi connectivity index (χ0v) is 18.9. The molecule has 0 spiro atoms. The number of rotatable bonds is 2. The minimum absolute atomic E-state index is 0.363. The molecule has 5 heteroatoms. The van der Waals surface area contributed by atoms with Crippen molar-refractivity contribution in [3.8, 4) is 5.69 Å². The third-order valence-corrected chi connectivity index (χ3v) is 7.04. The molecular formula is C27H25ClN4. The van der Waals surface area contributed by atoms with Crippen molar-refractivity contribution in [2.45, 2.75) is 38.3 Å². The lowest BCUT2D eigenvalue weighted by atomic mass is 9.84. The molecular weight excluding hydrogens is 416 g/mol. The highest BCUT2D eigenvalue weighted by atomic mass is 35.5. The van der Waals surface area contributed by atoms with E-state index < -0.39 is 0 Å². The van der Waals surface area contributed by atoms with Crippen LogP contribution in [0.4, 0.5) is 0 Å². The highest BCUT2D eigenvalue weighted by Crippen LogP contribution is 2.39. The van der Waals surface area contributed by atoms with Crippen LogP contribution in [-0.4, -0.2) is 26.7 Å².